The number of benzene rings is 1. The molecule has 1 aliphatic rings. The number of hydrogen-bond acceptors (Lipinski definition) is 6. The zero-order valence-electron chi connectivity index (χ0n) is 16.0. The Kier molecular flexibility index (Phi) is 4.55. The lowest BCUT2D eigenvalue weighted by molar-refractivity contribution is 0.0506. The highest BCUT2D eigenvalue weighted by molar-refractivity contribution is 6.99. The fraction of sp³-hybridized carbons (Fsp3) is 0.400. The van der Waals surface area contributed by atoms with Gasteiger partial charge in [0.25, 0.3) is 0 Å². The molecule has 1 aromatic carbocycles. The first-order valence-electron chi connectivity index (χ1n) is 9.14. The Morgan fingerprint density at radius 2 is 2.25 bits per heavy atom. The molecule has 1 N–H and O–H groups in total. The molecule has 28 heavy (non-hydrogen) atoms. The van der Waals surface area contributed by atoms with Crippen molar-refractivity contribution in [2.75, 3.05) is 0 Å². The topological polar surface area (TPSA) is 92.8 Å². The van der Waals surface area contributed by atoms with Gasteiger partial charge < -0.3 is 14.6 Å². The summed E-state index contributed by atoms with van der Waals surface area (Å²) in [5, 5.41) is 13.3. The number of nitrogens with one attached hydrogen (secondary N) is 1. The molecule has 1 unspecified atom stereocenters. The fourth-order valence-corrected chi connectivity index (χ4v) is 4.16. The summed E-state index contributed by atoms with van der Waals surface area (Å²) in [5.74, 6) is 0. The number of aromatic nitrogens is 3. The van der Waals surface area contributed by atoms with Crippen molar-refractivity contribution in [1.29, 1.82) is 5.26 Å². The van der Waals surface area contributed by atoms with E-state index in [0.29, 0.717) is 24.9 Å². The number of rotatable bonds is 3. The minimum absolute atomic E-state index is 0.0326. The number of hydrogen-bond donors (Lipinski definition) is 1. The quantitative estimate of drug-likeness (QED) is 0.734. The van der Waals surface area contributed by atoms with Crippen LogP contribution in [0.3, 0.4) is 0 Å². The Bertz CT molecular complexity index is 1070. The molecule has 7 nitrogen and oxygen atoms in total. The molecule has 0 saturated heterocycles. The van der Waals surface area contributed by atoms with Crippen molar-refractivity contribution < 1.29 is 9.53 Å². The molecule has 0 bridgehead atoms. The van der Waals surface area contributed by atoms with Crippen LogP contribution in [0.4, 0.5) is 4.79 Å². The first-order valence-corrected chi connectivity index (χ1v) is 9.87. The second-order valence-electron chi connectivity index (χ2n) is 8.01. The minimum Gasteiger partial charge on any atom is -0.444 e. The first-order chi connectivity index (χ1) is 13.3. The third kappa shape index (κ3) is 3.58. The van der Waals surface area contributed by atoms with Gasteiger partial charge in [0.1, 0.15) is 5.60 Å². The number of alkyl carbamates (subject to hydrolysis) is 1. The van der Waals surface area contributed by atoms with Gasteiger partial charge in [0.2, 0.25) is 0 Å². The van der Waals surface area contributed by atoms with Crippen LogP contribution >= 0.6 is 11.7 Å². The SMILES string of the molecule is CC(C)(C)OC(=O)NC1Cc2c(n(Cc3cnsn3)c3ccc(C#N)cc23)C1. The van der Waals surface area contributed by atoms with Gasteiger partial charge in [-0.1, -0.05) is 0 Å². The lowest BCUT2D eigenvalue weighted by Gasteiger charge is -2.22. The zero-order valence-corrected chi connectivity index (χ0v) is 16.8. The third-order valence-electron chi connectivity index (χ3n) is 4.75. The molecule has 8 heteroatoms. The van der Waals surface area contributed by atoms with Gasteiger partial charge in [-0.05, 0) is 51.0 Å². The van der Waals surface area contributed by atoms with Gasteiger partial charge in [0.05, 0.1) is 41.8 Å². The maximum atomic E-state index is 12.2. The van der Waals surface area contributed by atoms with E-state index < -0.39 is 11.7 Å². The van der Waals surface area contributed by atoms with Crippen LogP contribution in [0, 0.1) is 11.3 Å². The smallest absolute Gasteiger partial charge is 0.407 e. The molecule has 1 atom stereocenters. The van der Waals surface area contributed by atoms with Crippen molar-refractivity contribution in [2.24, 2.45) is 0 Å². The summed E-state index contributed by atoms with van der Waals surface area (Å²) in [7, 11) is 0. The van der Waals surface area contributed by atoms with Gasteiger partial charge in [-0.3, -0.25) is 0 Å². The molecule has 1 aliphatic carbocycles. The van der Waals surface area contributed by atoms with E-state index in [-0.39, 0.29) is 6.04 Å². The van der Waals surface area contributed by atoms with Gasteiger partial charge in [0.15, 0.2) is 0 Å². The summed E-state index contributed by atoms with van der Waals surface area (Å²) in [6, 6.07) is 7.94. The largest absolute Gasteiger partial charge is 0.444 e. The Balaban J connectivity index is 1.66. The Morgan fingerprint density at radius 1 is 1.43 bits per heavy atom. The van der Waals surface area contributed by atoms with Gasteiger partial charge in [0, 0.05) is 29.1 Å². The normalized spacial score (nSPS) is 16.0. The van der Waals surface area contributed by atoms with E-state index in [2.05, 4.69) is 24.7 Å². The van der Waals surface area contributed by atoms with Crippen molar-refractivity contribution >= 4 is 28.7 Å². The molecule has 2 heterocycles. The Morgan fingerprint density at radius 3 is 2.93 bits per heavy atom. The summed E-state index contributed by atoms with van der Waals surface area (Å²) < 4.78 is 16.0. The molecular formula is C20H21N5O2S. The fourth-order valence-electron chi connectivity index (χ4n) is 3.73. The average molecular weight is 395 g/mol. The van der Waals surface area contributed by atoms with Crippen LogP contribution in [0.1, 0.15) is 43.3 Å². The van der Waals surface area contributed by atoms with Crippen LogP contribution in [0.15, 0.2) is 24.4 Å². The molecule has 0 aliphatic heterocycles. The maximum absolute atomic E-state index is 12.2. The van der Waals surface area contributed by atoms with Gasteiger partial charge in [-0.15, -0.1) is 0 Å². The molecular weight excluding hydrogens is 374 g/mol. The monoisotopic (exact) mass is 395 g/mol. The van der Waals surface area contributed by atoms with Crippen LogP contribution in [-0.4, -0.2) is 31.1 Å². The van der Waals surface area contributed by atoms with Gasteiger partial charge >= 0.3 is 6.09 Å². The van der Waals surface area contributed by atoms with Crippen molar-refractivity contribution in [2.45, 2.75) is 51.8 Å². The number of ether oxygens (including phenoxy) is 1. The summed E-state index contributed by atoms with van der Waals surface area (Å²) >= 11 is 1.19. The lowest BCUT2D eigenvalue weighted by atomic mass is 10.1. The molecule has 0 fully saturated rings. The van der Waals surface area contributed by atoms with Crippen LogP contribution in [-0.2, 0) is 24.1 Å². The number of carbonyl (C=O) groups is 1. The Labute approximate surface area is 167 Å². The third-order valence-corrected chi connectivity index (χ3v) is 5.27. The predicted molar refractivity (Wildman–Crippen MR) is 106 cm³/mol. The number of nitriles is 1. The average Bonchev–Trinajstić information content (AvgIpc) is 3.31. The van der Waals surface area contributed by atoms with Crippen LogP contribution in [0.2, 0.25) is 0 Å². The molecule has 2 aromatic heterocycles. The number of fused-ring (bicyclic) bond motifs is 3. The van der Waals surface area contributed by atoms with Crippen LogP contribution in [0.25, 0.3) is 10.9 Å². The second kappa shape index (κ2) is 6.91. The van der Waals surface area contributed by atoms with Crippen molar-refractivity contribution in [3.8, 4) is 6.07 Å². The molecule has 0 radical (unpaired) electrons. The predicted octanol–water partition coefficient (Wildman–Crippen LogP) is 3.40. The first kappa shape index (κ1) is 18.4. The van der Waals surface area contributed by atoms with E-state index in [1.54, 1.807) is 6.20 Å². The Hall–Kier alpha value is -2.92. The van der Waals surface area contributed by atoms with Crippen molar-refractivity contribution in [3.05, 3.63) is 46.9 Å². The highest BCUT2D eigenvalue weighted by Gasteiger charge is 2.31. The van der Waals surface area contributed by atoms with Crippen LogP contribution in [0.5, 0.6) is 0 Å². The van der Waals surface area contributed by atoms with E-state index in [1.807, 2.05) is 39.0 Å². The van der Waals surface area contributed by atoms with Crippen molar-refractivity contribution in [1.82, 2.24) is 18.6 Å². The lowest BCUT2D eigenvalue weighted by Crippen LogP contribution is -2.39. The van der Waals surface area contributed by atoms with Gasteiger partial charge in [-0.2, -0.15) is 14.0 Å². The van der Waals surface area contributed by atoms with Gasteiger partial charge in [-0.25, -0.2) is 4.79 Å². The standard InChI is InChI=1S/C20H21N5O2S/c1-20(2,3)27-19(26)23-13-7-16-15-6-12(9-21)4-5-17(15)25(18(16)8-13)11-14-10-22-28-24-14/h4-6,10,13H,7-8,11H2,1-3H3,(H,23,26). The molecule has 1 amide bonds. The van der Waals surface area contributed by atoms with Crippen molar-refractivity contribution in [3.63, 3.8) is 0 Å². The minimum atomic E-state index is -0.531. The van der Waals surface area contributed by atoms with Crippen LogP contribution < -0.4 is 5.32 Å². The number of carbonyl (C=O) groups excluding carboxylic acids is 1. The number of nitrogens with zero attached hydrogens (tertiary/aromatic N) is 4. The number of amides is 1. The van der Waals surface area contributed by atoms with E-state index in [1.165, 1.54) is 23.0 Å². The van der Waals surface area contributed by atoms with E-state index in [4.69, 9.17) is 4.74 Å². The highest BCUT2D eigenvalue weighted by atomic mass is 32.1. The molecule has 0 spiro atoms. The van der Waals surface area contributed by atoms with E-state index in [0.717, 1.165) is 16.6 Å². The summed E-state index contributed by atoms with van der Waals surface area (Å²) in [6.07, 6.45) is 2.79. The maximum Gasteiger partial charge on any atom is 0.407 e. The molecule has 3 aromatic rings. The van der Waals surface area contributed by atoms with E-state index >= 15 is 0 Å². The molecule has 4 rings (SSSR count). The summed E-state index contributed by atoms with van der Waals surface area (Å²) in [5.41, 5.74) is 4.42. The zero-order chi connectivity index (χ0) is 19.9. The van der Waals surface area contributed by atoms with E-state index in [9.17, 15) is 10.1 Å². The summed E-state index contributed by atoms with van der Waals surface area (Å²) in [6.45, 7) is 6.17. The molecule has 0 saturated carbocycles. The molecule has 144 valence electrons. The second-order valence-corrected chi connectivity index (χ2v) is 8.56. The summed E-state index contributed by atoms with van der Waals surface area (Å²) in [4.78, 5) is 12.2. The highest BCUT2D eigenvalue weighted by Crippen LogP contribution is 2.34.